The number of carbonyl (C=O) groups is 1. The van der Waals surface area contributed by atoms with E-state index in [0.29, 0.717) is 13.2 Å². The number of thioether (sulfide) groups is 1. The molecule has 0 aliphatic carbocycles. The Morgan fingerprint density at radius 1 is 1.40 bits per heavy atom. The van der Waals surface area contributed by atoms with Crippen molar-refractivity contribution in [1.82, 2.24) is 10.2 Å². The van der Waals surface area contributed by atoms with E-state index in [9.17, 15) is 4.79 Å². The second kappa shape index (κ2) is 6.58. The predicted octanol–water partition coefficient (Wildman–Crippen LogP) is -0.0280. The number of rotatable bonds is 1. The molecule has 2 aliphatic rings. The summed E-state index contributed by atoms with van der Waals surface area (Å²) in [6.07, 6.45) is -0.244. The molecule has 0 bridgehead atoms. The minimum Gasteiger partial charge on any atom is -0.366 e. The Balaban J connectivity index is 0.00000112. The van der Waals surface area contributed by atoms with E-state index in [-0.39, 0.29) is 24.4 Å². The average molecular weight is 253 g/mol. The molecule has 2 aliphatic heterocycles. The van der Waals surface area contributed by atoms with E-state index in [0.717, 1.165) is 31.1 Å². The molecule has 0 radical (unpaired) electrons. The van der Waals surface area contributed by atoms with Crippen LogP contribution in [0.4, 0.5) is 0 Å². The lowest BCUT2D eigenvalue weighted by molar-refractivity contribution is -0.144. The zero-order valence-corrected chi connectivity index (χ0v) is 10.2. The van der Waals surface area contributed by atoms with Crippen LogP contribution in [0.3, 0.4) is 0 Å². The van der Waals surface area contributed by atoms with Gasteiger partial charge in [0.25, 0.3) is 5.91 Å². The highest BCUT2D eigenvalue weighted by Gasteiger charge is 2.27. The number of nitrogens with one attached hydrogen (secondary N) is 1. The van der Waals surface area contributed by atoms with Gasteiger partial charge in [-0.1, -0.05) is 0 Å². The Labute approximate surface area is 101 Å². The minimum absolute atomic E-state index is 0. The number of nitrogens with zero attached hydrogens (tertiary/aromatic N) is 1. The van der Waals surface area contributed by atoms with Crippen molar-refractivity contribution in [2.24, 2.45) is 0 Å². The third-order valence-corrected chi connectivity index (χ3v) is 3.47. The van der Waals surface area contributed by atoms with Crippen LogP contribution in [0.25, 0.3) is 0 Å². The van der Waals surface area contributed by atoms with Crippen LogP contribution in [0.5, 0.6) is 0 Å². The van der Waals surface area contributed by atoms with Gasteiger partial charge in [-0.15, -0.1) is 12.4 Å². The summed E-state index contributed by atoms with van der Waals surface area (Å²) >= 11 is 1.91. The number of morpholine rings is 1. The van der Waals surface area contributed by atoms with Crippen LogP contribution in [0, 0.1) is 0 Å². The van der Waals surface area contributed by atoms with Crippen LogP contribution in [0.2, 0.25) is 0 Å². The van der Waals surface area contributed by atoms with Gasteiger partial charge in [-0.05, 0) is 0 Å². The summed E-state index contributed by atoms with van der Waals surface area (Å²) in [4.78, 5) is 13.8. The van der Waals surface area contributed by atoms with Gasteiger partial charge in [0.15, 0.2) is 0 Å². The van der Waals surface area contributed by atoms with Gasteiger partial charge in [-0.2, -0.15) is 11.8 Å². The molecular weight excluding hydrogens is 236 g/mol. The van der Waals surface area contributed by atoms with Crippen molar-refractivity contribution < 1.29 is 9.53 Å². The SMILES string of the molecule is Cl.O=C(C1CNCCO1)N1CCSCC1. The molecule has 2 rings (SSSR count). The van der Waals surface area contributed by atoms with Gasteiger partial charge < -0.3 is 15.0 Å². The molecule has 0 spiro atoms. The Morgan fingerprint density at radius 2 is 2.13 bits per heavy atom. The quantitative estimate of drug-likeness (QED) is 0.712. The molecule has 88 valence electrons. The van der Waals surface area contributed by atoms with Gasteiger partial charge in [-0.25, -0.2) is 0 Å². The van der Waals surface area contributed by atoms with Gasteiger partial charge in [0.05, 0.1) is 6.61 Å². The maximum absolute atomic E-state index is 11.9. The third-order valence-electron chi connectivity index (χ3n) is 2.53. The molecule has 0 aromatic rings. The highest BCUT2D eigenvalue weighted by atomic mass is 35.5. The maximum atomic E-state index is 11.9. The van der Waals surface area contributed by atoms with Crippen molar-refractivity contribution in [3.8, 4) is 0 Å². The molecule has 1 amide bonds. The van der Waals surface area contributed by atoms with Crippen LogP contribution < -0.4 is 5.32 Å². The first-order valence-electron chi connectivity index (χ1n) is 5.07. The van der Waals surface area contributed by atoms with Crippen molar-refractivity contribution in [3.05, 3.63) is 0 Å². The standard InChI is InChI=1S/C9H16N2O2S.ClH/c12-9(8-7-10-1-4-13-8)11-2-5-14-6-3-11;/h8,10H,1-7H2;1H. The number of ether oxygens (including phenoxy) is 1. The fourth-order valence-electron chi connectivity index (χ4n) is 1.71. The van der Waals surface area contributed by atoms with Gasteiger partial charge >= 0.3 is 0 Å². The van der Waals surface area contributed by atoms with Crippen molar-refractivity contribution >= 4 is 30.1 Å². The molecule has 0 aromatic heterocycles. The second-order valence-corrected chi connectivity index (χ2v) is 4.73. The van der Waals surface area contributed by atoms with E-state index in [1.807, 2.05) is 16.7 Å². The van der Waals surface area contributed by atoms with Crippen LogP contribution in [0.1, 0.15) is 0 Å². The first-order chi connectivity index (χ1) is 6.88. The lowest BCUT2D eigenvalue weighted by Gasteiger charge is -2.31. The number of carbonyl (C=O) groups excluding carboxylic acids is 1. The highest BCUT2D eigenvalue weighted by Crippen LogP contribution is 2.11. The van der Waals surface area contributed by atoms with Crippen molar-refractivity contribution in [2.75, 3.05) is 44.3 Å². The highest BCUT2D eigenvalue weighted by molar-refractivity contribution is 7.99. The van der Waals surface area contributed by atoms with Crippen molar-refractivity contribution in [1.29, 1.82) is 0 Å². The van der Waals surface area contributed by atoms with E-state index in [2.05, 4.69) is 5.32 Å². The third kappa shape index (κ3) is 3.52. The van der Waals surface area contributed by atoms with E-state index in [1.54, 1.807) is 0 Å². The Kier molecular flexibility index (Phi) is 5.74. The monoisotopic (exact) mass is 252 g/mol. The first-order valence-corrected chi connectivity index (χ1v) is 6.22. The Morgan fingerprint density at radius 3 is 2.73 bits per heavy atom. The van der Waals surface area contributed by atoms with E-state index in [4.69, 9.17) is 4.74 Å². The lowest BCUT2D eigenvalue weighted by atomic mass is 10.2. The largest absolute Gasteiger partial charge is 0.366 e. The van der Waals surface area contributed by atoms with Gasteiger partial charge in [0.2, 0.25) is 0 Å². The summed E-state index contributed by atoms with van der Waals surface area (Å²) in [6, 6.07) is 0. The van der Waals surface area contributed by atoms with Crippen LogP contribution in [0.15, 0.2) is 0 Å². The summed E-state index contributed by atoms with van der Waals surface area (Å²) in [6.45, 7) is 3.94. The minimum atomic E-state index is -0.244. The molecule has 4 nitrogen and oxygen atoms in total. The average Bonchev–Trinajstić information content (AvgIpc) is 2.30. The molecule has 2 heterocycles. The smallest absolute Gasteiger partial charge is 0.253 e. The number of hydrogen-bond acceptors (Lipinski definition) is 4. The fourth-order valence-corrected chi connectivity index (χ4v) is 2.61. The van der Waals surface area contributed by atoms with Gasteiger partial charge in [-0.3, -0.25) is 4.79 Å². The van der Waals surface area contributed by atoms with E-state index >= 15 is 0 Å². The Hall–Kier alpha value is 0.0300. The fraction of sp³-hybridized carbons (Fsp3) is 0.889. The number of amides is 1. The summed E-state index contributed by atoms with van der Waals surface area (Å²) in [5, 5.41) is 3.18. The zero-order chi connectivity index (χ0) is 9.80. The normalized spacial score (nSPS) is 26.9. The van der Waals surface area contributed by atoms with Gasteiger partial charge in [0.1, 0.15) is 6.10 Å². The lowest BCUT2D eigenvalue weighted by Crippen LogP contribution is -2.51. The topological polar surface area (TPSA) is 41.6 Å². The summed E-state index contributed by atoms with van der Waals surface area (Å²) < 4.78 is 5.43. The van der Waals surface area contributed by atoms with Crippen LogP contribution in [-0.2, 0) is 9.53 Å². The molecule has 0 aromatic carbocycles. The number of hydrogen-bond donors (Lipinski definition) is 1. The number of halogens is 1. The predicted molar refractivity (Wildman–Crippen MR) is 63.8 cm³/mol. The molecule has 2 fully saturated rings. The Bertz CT molecular complexity index is 186. The molecule has 1 N–H and O–H groups in total. The van der Waals surface area contributed by atoms with Crippen LogP contribution in [-0.4, -0.2) is 61.2 Å². The first kappa shape index (κ1) is 13.1. The van der Waals surface area contributed by atoms with E-state index in [1.165, 1.54) is 0 Å². The summed E-state index contributed by atoms with van der Waals surface area (Å²) in [7, 11) is 0. The van der Waals surface area contributed by atoms with Crippen molar-refractivity contribution in [3.63, 3.8) is 0 Å². The maximum Gasteiger partial charge on any atom is 0.253 e. The van der Waals surface area contributed by atoms with Gasteiger partial charge in [0, 0.05) is 37.7 Å². The van der Waals surface area contributed by atoms with Crippen LogP contribution >= 0.6 is 24.2 Å². The molecule has 15 heavy (non-hydrogen) atoms. The molecule has 6 heteroatoms. The molecule has 1 unspecified atom stereocenters. The van der Waals surface area contributed by atoms with Crippen molar-refractivity contribution in [2.45, 2.75) is 6.10 Å². The molecular formula is C9H17ClN2O2S. The molecule has 2 saturated heterocycles. The summed E-state index contributed by atoms with van der Waals surface area (Å²) in [5.41, 5.74) is 0. The summed E-state index contributed by atoms with van der Waals surface area (Å²) in [5.74, 6) is 2.29. The van der Waals surface area contributed by atoms with E-state index < -0.39 is 0 Å². The molecule has 1 atom stereocenters. The molecule has 0 saturated carbocycles. The zero-order valence-electron chi connectivity index (χ0n) is 8.61. The second-order valence-electron chi connectivity index (χ2n) is 3.50.